The summed E-state index contributed by atoms with van der Waals surface area (Å²) >= 11 is 0. The molecule has 0 amide bonds. The molecule has 2 fully saturated rings. The molecule has 1 aliphatic carbocycles. The van der Waals surface area contributed by atoms with E-state index in [4.69, 9.17) is 0 Å². The summed E-state index contributed by atoms with van der Waals surface area (Å²) in [6.45, 7) is 1.80. The molecule has 7 heteroatoms. The van der Waals surface area contributed by atoms with E-state index in [-0.39, 0.29) is 11.6 Å². The fraction of sp³-hybridized carbons (Fsp3) is 0.429. The van der Waals surface area contributed by atoms with Crippen LogP contribution >= 0.6 is 0 Å². The Hall–Kier alpha value is -1.83. The quantitative estimate of drug-likeness (QED) is 0.740. The van der Waals surface area contributed by atoms with Gasteiger partial charge in [0.2, 0.25) is 10.0 Å². The summed E-state index contributed by atoms with van der Waals surface area (Å²) in [5, 5.41) is 0. The topological polar surface area (TPSA) is 40.6 Å². The highest BCUT2D eigenvalue weighted by Gasteiger charge is 2.39. The molecule has 1 saturated carbocycles. The molecule has 1 atom stereocenters. The molecule has 0 bridgehead atoms. The molecule has 28 heavy (non-hydrogen) atoms. The number of halogens is 2. The van der Waals surface area contributed by atoms with Gasteiger partial charge in [-0.15, -0.1) is 0 Å². The van der Waals surface area contributed by atoms with Gasteiger partial charge >= 0.3 is 0 Å². The van der Waals surface area contributed by atoms with Crippen LogP contribution in [-0.4, -0.2) is 49.3 Å². The highest BCUT2D eigenvalue weighted by Crippen LogP contribution is 2.31. The number of nitrogens with zero attached hydrogens (tertiary/aromatic N) is 2. The third kappa shape index (κ3) is 4.59. The zero-order valence-corrected chi connectivity index (χ0v) is 16.4. The first-order valence-corrected chi connectivity index (χ1v) is 11.2. The fourth-order valence-corrected chi connectivity index (χ4v) is 5.75. The molecule has 0 radical (unpaired) electrons. The molecule has 2 aromatic rings. The molecule has 2 aromatic carbocycles. The van der Waals surface area contributed by atoms with Crippen molar-refractivity contribution in [2.75, 3.05) is 19.6 Å². The molecule has 150 valence electrons. The van der Waals surface area contributed by atoms with Crippen LogP contribution in [0.4, 0.5) is 8.78 Å². The Labute approximate surface area is 164 Å². The lowest BCUT2D eigenvalue weighted by molar-refractivity contribution is 0.128. The highest BCUT2D eigenvalue weighted by atomic mass is 32.2. The Morgan fingerprint density at radius 3 is 2.25 bits per heavy atom. The van der Waals surface area contributed by atoms with E-state index in [0.29, 0.717) is 32.1 Å². The maximum Gasteiger partial charge on any atom is 0.218 e. The van der Waals surface area contributed by atoms with Gasteiger partial charge in [0.05, 0.1) is 5.75 Å². The third-order valence-corrected chi connectivity index (χ3v) is 7.36. The Morgan fingerprint density at radius 1 is 0.929 bits per heavy atom. The van der Waals surface area contributed by atoms with Gasteiger partial charge in [-0.1, -0.05) is 30.3 Å². The van der Waals surface area contributed by atoms with Crippen molar-refractivity contribution in [2.24, 2.45) is 0 Å². The minimum absolute atomic E-state index is 0.139. The van der Waals surface area contributed by atoms with Crippen LogP contribution in [0, 0.1) is 11.6 Å². The van der Waals surface area contributed by atoms with Crippen molar-refractivity contribution in [1.82, 2.24) is 9.21 Å². The van der Waals surface area contributed by atoms with Crippen LogP contribution in [-0.2, 0) is 22.2 Å². The van der Waals surface area contributed by atoms with Gasteiger partial charge in [0, 0.05) is 37.8 Å². The second-order valence-corrected chi connectivity index (χ2v) is 9.64. The maximum absolute atomic E-state index is 13.5. The summed E-state index contributed by atoms with van der Waals surface area (Å²) in [4.78, 5) is 2.38. The van der Waals surface area contributed by atoms with Crippen LogP contribution < -0.4 is 0 Å². The molecule has 2 aliphatic rings. The number of hydrogen-bond acceptors (Lipinski definition) is 3. The average Bonchev–Trinajstić information content (AvgIpc) is 3.46. The van der Waals surface area contributed by atoms with Gasteiger partial charge in [-0.3, -0.25) is 4.90 Å². The molecule has 0 spiro atoms. The summed E-state index contributed by atoms with van der Waals surface area (Å²) < 4.78 is 54.8. The summed E-state index contributed by atoms with van der Waals surface area (Å²) in [7, 11) is -3.69. The number of rotatable bonds is 6. The second kappa shape index (κ2) is 7.89. The summed E-state index contributed by atoms with van der Waals surface area (Å²) in [6, 6.07) is 13.2. The van der Waals surface area contributed by atoms with Gasteiger partial charge in [0.25, 0.3) is 0 Å². The van der Waals surface area contributed by atoms with E-state index in [2.05, 4.69) is 4.90 Å². The first-order valence-electron chi connectivity index (χ1n) is 9.63. The van der Waals surface area contributed by atoms with E-state index < -0.39 is 27.4 Å². The fourth-order valence-electron chi connectivity index (χ4n) is 4.04. The lowest BCUT2D eigenvalue weighted by Gasteiger charge is -2.41. The molecule has 0 N–H and O–H groups in total. The molecule has 4 nitrogen and oxygen atoms in total. The number of sulfonamides is 1. The zero-order chi connectivity index (χ0) is 19.7. The van der Waals surface area contributed by atoms with E-state index in [1.807, 2.05) is 30.3 Å². The standard InChI is InChI=1S/C21H24F2N2O2S/c22-18-10-17(11-19(23)13-18)15-28(26,27)25-9-8-24(20-6-7-20)14-21(25)12-16-4-2-1-3-5-16/h1-5,10-11,13,20-21H,6-9,12,14-15H2. The third-order valence-electron chi connectivity index (χ3n) is 5.47. The molecular weight excluding hydrogens is 382 g/mol. The lowest BCUT2D eigenvalue weighted by Crippen LogP contribution is -2.56. The molecule has 1 heterocycles. The molecule has 1 saturated heterocycles. The van der Waals surface area contributed by atoms with Crippen molar-refractivity contribution in [2.45, 2.75) is 37.1 Å². The normalized spacial score (nSPS) is 21.7. The Kier molecular flexibility index (Phi) is 5.49. The minimum Gasteiger partial charge on any atom is -0.297 e. The zero-order valence-electron chi connectivity index (χ0n) is 15.6. The number of piperazine rings is 1. The van der Waals surface area contributed by atoms with Crippen molar-refractivity contribution in [3.8, 4) is 0 Å². The molecule has 4 rings (SSSR count). The largest absolute Gasteiger partial charge is 0.297 e. The number of benzene rings is 2. The first-order chi connectivity index (χ1) is 13.4. The van der Waals surface area contributed by atoms with Gasteiger partial charge in [0.1, 0.15) is 11.6 Å². The van der Waals surface area contributed by atoms with Crippen molar-refractivity contribution in [3.63, 3.8) is 0 Å². The van der Waals surface area contributed by atoms with Crippen LogP contribution in [0.15, 0.2) is 48.5 Å². The van der Waals surface area contributed by atoms with Crippen LogP contribution in [0.1, 0.15) is 24.0 Å². The molecule has 1 unspecified atom stereocenters. The Balaban J connectivity index is 1.56. The summed E-state index contributed by atoms with van der Waals surface area (Å²) in [6.07, 6.45) is 2.97. The van der Waals surface area contributed by atoms with Crippen molar-refractivity contribution < 1.29 is 17.2 Å². The van der Waals surface area contributed by atoms with Gasteiger partial charge in [0.15, 0.2) is 0 Å². The van der Waals surface area contributed by atoms with E-state index in [9.17, 15) is 17.2 Å². The predicted octanol–water partition coefficient (Wildman–Crippen LogP) is 3.19. The van der Waals surface area contributed by atoms with Gasteiger partial charge < -0.3 is 0 Å². The van der Waals surface area contributed by atoms with E-state index >= 15 is 0 Å². The SMILES string of the molecule is O=S(=O)(Cc1cc(F)cc(F)c1)N1CCN(C2CC2)CC1Cc1ccccc1. The Morgan fingerprint density at radius 2 is 1.61 bits per heavy atom. The molecule has 0 aromatic heterocycles. The van der Waals surface area contributed by atoms with E-state index in [0.717, 1.165) is 23.8 Å². The van der Waals surface area contributed by atoms with Gasteiger partial charge in [-0.25, -0.2) is 17.2 Å². The molecular formula is C21H24F2N2O2S. The van der Waals surface area contributed by atoms with Gasteiger partial charge in [-0.2, -0.15) is 4.31 Å². The maximum atomic E-state index is 13.5. The van der Waals surface area contributed by atoms with E-state index in [1.54, 1.807) is 4.31 Å². The van der Waals surface area contributed by atoms with E-state index in [1.165, 1.54) is 12.8 Å². The van der Waals surface area contributed by atoms with Crippen LogP contribution in [0.2, 0.25) is 0 Å². The monoisotopic (exact) mass is 406 g/mol. The van der Waals surface area contributed by atoms with Crippen molar-refractivity contribution in [3.05, 3.63) is 71.3 Å². The summed E-state index contributed by atoms with van der Waals surface area (Å²) in [5.41, 5.74) is 1.22. The summed E-state index contributed by atoms with van der Waals surface area (Å²) in [5.74, 6) is -1.91. The lowest BCUT2D eigenvalue weighted by atomic mass is 10.0. The van der Waals surface area contributed by atoms with Crippen LogP contribution in [0.3, 0.4) is 0 Å². The van der Waals surface area contributed by atoms with Crippen molar-refractivity contribution in [1.29, 1.82) is 0 Å². The highest BCUT2D eigenvalue weighted by molar-refractivity contribution is 7.88. The first kappa shape index (κ1) is 19.5. The predicted molar refractivity (Wildman–Crippen MR) is 104 cm³/mol. The minimum atomic E-state index is -3.69. The van der Waals surface area contributed by atoms with Gasteiger partial charge in [-0.05, 0) is 42.5 Å². The smallest absolute Gasteiger partial charge is 0.218 e. The second-order valence-electron chi connectivity index (χ2n) is 7.71. The van der Waals surface area contributed by atoms with Crippen LogP contribution in [0.25, 0.3) is 0 Å². The van der Waals surface area contributed by atoms with Crippen LogP contribution in [0.5, 0.6) is 0 Å². The average molecular weight is 406 g/mol. The molecule has 1 aliphatic heterocycles. The number of hydrogen-bond donors (Lipinski definition) is 0. The van der Waals surface area contributed by atoms with Crippen molar-refractivity contribution >= 4 is 10.0 Å². The Bertz CT molecular complexity index is 912.